The molecule has 0 unspecified atom stereocenters. The molecule has 0 saturated carbocycles. The zero-order valence-corrected chi connectivity index (χ0v) is 18.6. The van der Waals surface area contributed by atoms with Crippen molar-refractivity contribution < 1.29 is 0 Å². The lowest BCUT2D eigenvalue weighted by Crippen LogP contribution is -2.03. The van der Waals surface area contributed by atoms with Gasteiger partial charge in [0.05, 0.1) is 16.6 Å². The lowest BCUT2D eigenvalue weighted by molar-refractivity contribution is 0.889. The highest BCUT2D eigenvalue weighted by Gasteiger charge is 2.23. The Morgan fingerprint density at radius 3 is 2.24 bits per heavy atom. The van der Waals surface area contributed by atoms with E-state index in [1.54, 1.807) is 0 Å². The molecule has 33 heavy (non-hydrogen) atoms. The molecule has 2 nitrogen and oxygen atoms in total. The molecule has 0 saturated heterocycles. The van der Waals surface area contributed by atoms with Crippen LogP contribution in [0.5, 0.6) is 0 Å². The molecule has 1 aliphatic carbocycles. The quantitative estimate of drug-likeness (QED) is 0.266. The van der Waals surface area contributed by atoms with Gasteiger partial charge < -0.3 is 9.13 Å². The topological polar surface area (TPSA) is 9.86 Å². The van der Waals surface area contributed by atoms with E-state index in [-0.39, 0.29) is 0 Å². The van der Waals surface area contributed by atoms with Crippen LogP contribution < -0.4 is 0 Å². The molecule has 1 aliphatic rings. The van der Waals surface area contributed by atoms with Crippen molar-refractivity contribution in [3.05, 3.63) is 114 Å². The Bertz CT molecular complexity index is 1690. The Morgan fingerprint density at radius 2 is 1.39 bits per heavy atom. The Morgan fingerprint density at radius 1 is 0.636 bits per heavy atom. The maximum Gasteiger partial charge on any atom is 0.0638 e. The molecule has 0 amide bonds. The third-order valence-corrected chi connectivity index (χ3v) is 7.04. The maximum absolute atomic E-state index is 2.53. The number of benzene rings is 4. The molecule has 0 bridgehead atoms. The summed E-state index contributed by atoms with van der Waals surface area (Å²) in [5.41, 5.74) is 10.3. The zero-order chi connectivity index (χ0) is 21.9. The number of rotatable bonds is 2. The molecule has 7 rings (SSSR count). The van der Waals surface area contributed by atoms with Crippen LogP contribution in [0.15, 0.2) is 97.1 Å². The van der Waals surface area contributed by atoms with Crippen LogP contribution in [-0.2, 0) is 6.42 Å². The van der Waals surface area contributed by atoms with E-state index in [0.717, 1.165) is 12.8 Å². The first-order valence-corrected chi connectivity index (χ1v) is 11.7. The van der Waals surface area contributed by atoms with Gasteiger partial charge in [-0.25, -0.2) is 0 Å². The standard InChI is InChI=1S/C31H24N2/c1-21-15-17-23(18-16-21)33-27-13-7-5-11-24(27)25-19-20-29-30(31(25)33)26-12-6-8-14-28(26)32(29)22-9-3-2-4-10-22/h2-6,8-12,14-20H,7,13H2,1H3. The Balaban J connectivity index is 1.71. The SMILES string of the molecule is Cc1ccc(-n2c3c(c4ccc5c(c6ccccc6n5-c5ccccc5)c42)C=CCC3)cc1. The molecule has 2 heteroatoms. The van der Waals surface area contributed by atoms with Crippen molar-refractivity contribution in [3.8, 4) is 11.4 Å². The molecule has 0 spiro atoms. The van der Waals surface area contributed by atoms with Gasteiger partial charge in [0.2, 0.25) is 0 Å². The Labute approximate surface area is 193 Å². The van der Waals surface area contributed by atoms with Crippen molar-refractivity contribution in [2.75, 3.05) is 0 Å². The van der Waals surface area contributed by atoms with Gasteiger partial charge in [-0.2, -0.15) is 0 Å². The first-order chi connectivity index (χ1) is 16.3. The normalized spacial score (nSPS) is 13.2. The first-order valence-electron chi connectivity index (χ1n) is 11.7. The summed E-state index contributed by atoms with van der Waals surface area (Å²) in [6.45, 7) is 2.15. The molecular formula is C31H24N2. The predicted molar refractivity (Wildman–Crippen MR) is 140 cm³/mol. The minimum Gasteiger partial charge on any atom is -0.312 e. The van der Waals surface area contributed by atoms with Crippen LogP contribution in [0.1, 0.15) is 23.2 Å². The molecular weight excluding hydrogens is 400 g/mol. The summed E-state index contributed by atoms with van der Waals surface area (Å²) in [4.78, 5) is 0. The minimum atomic E-state index is 1.06. The number of hydrogen-bond donors (Lipinski definition) is 0. The van der Waals surface area contributed by atoms with Crippen molar-refractivity contribution in [3.63, 3.8) is 0 Å². The fourth-order valence-electron chi connectivity index (χ4n) is 5.59. The molecule has 0 N–H and O–H groups in total. The van der Waals surface area contributed by atoms with E-state index in [9.17, 15) is 0 Å². The van der Waals surface area contributed by atoms with E-state index in [1.165, 1.54) is 60.9 Å². The van der Waals surface area contributed by atoms with Crippen molar-refractivity contribution in [2.24, 2.45) is 0 Å². The van der Waals surface area contributed by atoms with E-state index in [1.807, 2.05) is 0 Å². The van der Waals surface area contributed by atoms with Crippen molar-refractivity contribution in [1.82, 2.24) is 9.13 Å². The van der Waals surface area contributed by atoms with Gasteiger partial charge in [0.25, 0.3) is 0 Å². The average molecular weight is 425 g/mol. The second kappa shape index (κ2) is 6.98. The highest BCUT2D eigenvalue weighted by Crippen LogP contribution is 2.42. The lowest BCUT2D eigenvalue weighted by Gasteiger charge is -2.14. The van der Waals surface area contributed by atoms with E-state index in [0.29, 0.717) is 0 Å². The number of hydrogen-bond acceptors (Lipinski definition) is 0. The number of para-hydroxylation sites is 2. The minimum absolute atomic E-state index is 1.06. The van der Waals surface area contributed by atoms with Crippen molar-refractivity contribution in [1.29, 1.82) is 0 Å². The molecule has 2 aromatic heterocycles. The van der Waals surface area contributed by atoms with Gasteiger partial charge >= 0.3 is 0 Å². The summed E-state index contributed by atoms with van der Waals surface area (Å²) in [5.74, 6) is 0. The van der Waals surface area contributed by atoms with Crippen molar-refractivity contribution >= 4 is 38.8 Å². The monoisotopic (exact) mass is 424 g/mol. The third kappa shape index (κ3) is 2.61. The fourth-order valence-corrected chi connectivity index (χ4v) is 5.59. The summed E-state index contributed by atoms with van der Waals surface area (Å²) in [5, 5.41) is 3.97. The predicted octanol–water partition coefficient (Wildman–Crippen LogP) is 8.00. The largest absolute Gasteiger partial charge is 0.312 e. The first kappa shape index (κ1) is 18.5. The molecule has 0 aliphatic heterocycles. The molecule has 0 fully saturated rings. The summed E-state index contributed by atoms with van der Waals surface area (Å²) in [7, 11) is 0. The fraction of sp³-hybridized carbons (Fsp3) is 0.0968. The van der Waals surface area contributed by atoms with Crippen LogP contribution in [0.2, 0.25) is 0 Å². The van der Waals surface area contributed by atoms with Gasteiger partial charge in [-0.05, 0) is 56.2 Å². The maximum atomic E-state index is 2.53. The van der Waals surface area contributed by atoms with Gasteiger partial charge in [-0.3, -0.25) is 0 Å². The van der Waals surface area contributed by atoms with Gasteiger partial charge in [-0.1, -0.05) is 72.3 Å². The van der Waals surface area contributed by atoms with E-state index in [2.05, 4.69) is 119 Å². The number of nitrogens with zero attached hydrogens (tertiary/aromatic N) is 2. The number of fused-ring (bicyclic) bond motifs is 7. The van der Waals surface area contributed by atoms with Gasteiger partial charge in [0.15, 0.2) is 0 Å². The summed E-state index contributed by atoms with van der Waals surface area (Å²) in [6, 6.07) is 33.2. The molecule has 0 radical (unpaired) electrons. The summed E-state index contributed by atoms with van der Waals surface area (Å²) >= 11 is 0. The number of aromatic nitrogens is 2. The van der Waals surface area contributed by atoms with E-state index < -0.39 is 0 Å². The lowest BCUT2D eigenvalue weighted by atomic mass is 10.0. The zero-order valence-electron chi connectivity index (χ0n) is 18.6. The van der Waals surface area contributed by atoms with Crippen LogP contribution >= 0.6 is 0 Å². The average Bonchev–Trinajstić information content (AvgIpc) is 3.38. The summed E-state index contributed by atoms with van der Waals surface area (Å²) in [6.07, 6.45) is 6.80. The molecule has 6 aromatic rings. The second-order valence-corrected chi connectivity index (χ2v) is 9.02. The molecule has 4 aromatic carbocycles. The van der Waals surface area contributed by atoms with Crippen LogP contribution in [0, 0.1) is 6.92 Å². The number of allylic oxidation sites excluding steroid dienone is 1. The number of aryl methyl sites for hydroxylation is 1. The van der Waals surface area contributed by atoms with Gasteiger partial charge in [0, 0.05) is 38.8 Å². The van der Waals surface area contributed by atoms with E-state index in [4.69, 9.17) is 0 Å². The van der Waals surface area contributed by atoms with Crippen LogP contribution in [-0.4, -0.2) is 9.13 Å². The Hall–Kier alpha value is -4.04. The Kier molecular flexibility index (Phi) is 3.92. The van der Waals surface area contributed by atoms with Crippen LogP contribution in [0.4, 0.5) is 0 Å². The van der Waals surface area contributed by atoms with E-state index >= 15 is 0 Å². The van der Waals surface area contributed by atoms with Crippen LogP contribution in [0.25, 0.3) is 50.2 Å². The van der Waals surface area contributed by atoms with Gasteiger partial charge in [0.1, 0.15) is 0 Å². The third-order valence-electron chi connectivity index (χ3n) is 7.04. The molecule has 2 heterocycles. The second-order valence-electron chi connectivity index (χ2n) is 9.02. The van der Waals surface area contributed by atoms with Crippen molar-refractivity contribution in [2.45, 2.75) is 19.8 Å². The molecule has 158 valence electrons. The highest BCUT2D eigenvalue weighted by molar-refractivity contribution is 6.22. The summed E-state index contributed by atoms with van der Waals surface area (Å²) < 4.78 is 4.93. The highest BCUT2D eigenvalue weighted by atomic mass is 15.0. The molecule has 0 atom stereocenters. The van der Waals surface area contributed by atoms with Gasteiger partial charge in [-0.15, -0.1) is 0 Å². The van der Waals surface area contributed by atoms with Crippen LogP contribution in [0.3, 0.4) is 0 Å². The smallest absolute Gasteiger partial charge is 0.0638 e.